The van der Waals surface area contributed by atoms with Gasteiger partial charge in [-0.1, -0.05) is 0 Å². The molecular formula is C22H25N5O2. The highest BCUT2D eigenvalue weighted by Crippen LogP contribution is 2.40. The summed E-state index contributed by atoms with van der Waals surface area (Å²) in [6.07, 6.45) is 6.47. The van der Waals surface area contributed by atoms with Gasteiger partial charge in [-0.15, -0.1) is 0 Å². The van der Waals surface area contributed by atoms with E-state index in [1.54, 1.807) is 0 Å². The first-order valence-corrected chi connectivity index (χ1v) is 10.2. The number of pyridine rings is 1. The van der Waals surface area contributed by atoms with E-state index in [9.17, 15) is 4.79 Å². The van der Waals surface area contributed by atoms with Crippen molar-refractivity contribution in [3.05, 3.63) is 47.2 Å². The number of hydrogen-bond acceptors (Lipinski definition) is 6. The number of nitrogens with one attached hydrogen (secondary N) is 1. The Bertz CT molecular complexity index is 1100. The monoisotopic (exact) mass is 391 g/mol. The van der Waals surface area contributed by atoms with Crippen molar-refractivity contribution in [2.24, 2.45) is 0 Å². The Morgan fingerprint density at radius 2 is 2.10 bits per heavy atom. The molecule has 0 aromatic carbocycles. The summed E-state index contributed by atoms with van der Waals surface area (Å²) in [6, 6.07) is 4.17. The van der Waals surface area contributed by atoms with Gasteiger partial charge in [0.2, 0.25) is 5.71 Å². The maximum absolute atomic E-state index is 13.5. The quantitative estimate of drug-likeness (QED) is 0.728. The van der Waals surface area contributed by atoms with Crippen LogP contribution in [0.25, 0.3) is 11.1 Å². The molecule has 0 radical (unpaired) electrons. The molecule has 2 fully saturated rings. The number of fused-ring (bicyclic) bond motifs is 1. The van der Waals surface area contributed by atoms with Gasteiger partial charge < -0.3 is 14.6 Å². The molecule has 1 aliphatic heterocycles. The number of amides is 1. The number of carbonyl (C=O) groups is 1. The van der Waals surface area contributed by atoms with Crippen molar-refractivity contribution >= 4 is 22.8 Å². The van der Waals surface area contributed by atoms with Gasteiger partial charge in [-0.05, 0) is 57.7 Å². The number of rotatable bonds is 4. The summed E-state index contributed by atoms with van der Waals surface area (Å²) in [5, 5.41) is 4.19. The molecule has 150 valence electrons. The fourth-order valence-corrected chi connectivity index (χ4v) is 4.19. The molecule has 5 rings (SSSR count). The molecule has 1 amide bonds. The molecule has 3 aromatic rings. The van der Waals surface area contributed by atoms with Crippen LogP contribution in [0.1, 0.15) is 59.5 Å². The van der Waals surface area contributed by atoms with Gasteiger partial charge in [0.15, 0.2) is 0 Å². The van der Waals surface area contributed by atoms with Crippen LogP contribution >= 0.6 is 0 Å². The average molecular weight is 391 g/mol. The normalized spacial score (nSPS) is 20.2. The summed E-state index contributed by atoms with van der Waals surface area (Å²) in [5.41, 5.74) is 3.34. The second-order valence-corrected chi connectivity index (χ2v) is 8.59. The number of nitrogens with zero attached hydrogens (tertiary/aromatic N) is 4. The number of furan rings is 1. The summed E-state index contributed by atoms with van der Waals surface area (Å²) in [5.74, 6) is 1.61. The number of hydrogen-bond donors (Lipinski definition) is 1. The molecular weight excluding hydrogens is 366 g/mol. The highest BCUT2D eigenvalue weighted by Gasteiger charge is 2.39. The minimum absolute atomic E-state index is 0.00618. The molecule has 1 unspecified atom stereocenters. The third kappa shape index (κ3) is 3.24. The largest absolute Gasteiger partial charge is 0.442 e. The van der Waals surface area contributed by atoms with Gasteiger partial charge in [-0.2, -0.15) is 0 Å². The smallest absolute Gasteiger partial charge is 0.258 e. The van der Waals surface area contributed by atoms with Crippen molar-refractivity contribution in [3.63, 3.8) is 0 Å². The van der Waals surface area contributed by atoms with Crippen LogP contribution in [0.2, 0.25) is 0 Å². The lowest BCUT2D eigenvalue weighted by atomic mass is 9.99. The fraction of sp³-hybridized carbons (Fsp3) is 0.455. The van der Waals surface area contributed by atoms with Gasteiger partial charge in [0.05, 0.1) is 10.9 Å². The van der Waals surface area contributed by atoms with Crippen LogP contribution in [0.4, 0.5) is 5.82 Å². The molecule has 1 N–H and O–H groups in total. The summed E-state index contributed by atoms with van der Waals surface area (Å²) in [7, 11) is 0. The van der Waals surface area contributed by atoms with Crippen LogP contribution in [0.3, 0.4) is 0 Å². The lowest BCUT2D eigenvalue weighted by Gasteiger charge is -2.18. The first-order chi connectivity index (χ1) is 13.9. The highest BCUT2D eigenvalue weighted by molar-refractivity contribution is 6.10. The van der Waals surface area contributed by atoms with E-state index in [0.29, 0.717) is 40.7 Å². The predicted molar refractivity (Wildman–Crippen MR) is 110 cm³/mol. The Hall–Kier alpha value is -2.96. The van der Waals surface area contributed by atoms with Crippen LogP contribution in [-0.4, -0.2) is 44.4 Å². The number of aryl methyl sites for hydroxylation is 2. The SMILES string of the molecule is Cc1cc(C2CCN(C(=O)c3c(C)oc4ncnc(NC5(C)CC5)c34)C2)ccn1. The van der Waals surface area contributed by atoms with Crippen molar-refractivity contribution in [1.82, 2.24) is 19.9 Å². The van der Waals surface area contributed by atoms with E-state index in [0.717, 1.165) is 31.5 Å². The summed E-state index contributed by atoms with van der Waals surface area (Å²) >= 11 is 0. The van der Waals surface area contributed by atoms with Crippen molar-refractivity contribution < 1.29 is 9.21 Å². The van der Waals surface area contributed by atoms with Crippen LogP contribution < -0.4 is 5.32 Å². The van der Waals surface area contributed by atoms with Crippen molar-refractivity contribution in [3.8, 4) is 0 Å². The Labute approximate surface area is 169 Å². The van der Waals surface area contributed by atoms with E-state index < -0.39 is 0 Å². The fourth-order valence-electron chi connectivity index (χ4n) is 4.19. The number of carbonyl (C=O) groups excluding carboxylic acids is 1. The third-order valence-corrected chi connectivity index (χ3v) is 6.17. The van der Waals surface area contributed by atoms with Gasteiger partial charge >= 0.3 is 0 Å². The Balaban J connectivity index is 1.46. The standard InChI is InChI=1S/C22H25N5O2/c1-13-10-15(4-8-23-13)16-5-9-27(11-16)21(28)17-14(2)29-20-18(17)19(24-12-25-20)26-22(3)6-7-22/h4,8,10,12,16H,5-7,9,11H2,1-3H3,(H,24,25,26). The van der Waals surface area contributed by atoms with Crippen LogP contribution in [0.15, 0.2) is 29.1 Å². The van der Waals surface area contributed by atoms with E-state index in [-0.39, 0.29) is 11.4 Å². The van der Waals surface area contributed by atoms with Crippen molar-refractivity contribution in [2.75, 3.05) is 18.4 Å². The van der Waals surface area contributed by atoms with Gasteiger partial charge in [0, 0.05) is 36.4 Å². The second-order valence-electron chi connectivity index (χ2n) is 8.59. The van der Waals surface area contributed by atoms with Gasteiger partial charge in [0.25, 0.3) is 5.91 Å². The Morgan fingerprint density at radius 3 is 2.86 bits per heavy atom. The molecule has 1 aliphatic carbocycles. The van der Waals surface area contributed by atoms with E-state index in [1.807, 2.05) is 24.9 Å². The molecule has 7 nitrogen and oxygen atoms in total. The third-order valence-electron chi connectivity index (χ3n) is 6.17. The minimum atomic E-state index is -0.00618. The highest BCUT2D eigenvalue weighted by atomic mass is 16.3. The molecule has 0 bridgehead atoms. The van der Waals surface area contributed by atoms with Gasteiger partial charge in [-0.3, -0.25) is 9.78 Å². The van der Waals surface area contributed by atoms with E-state index in [4.69, 9.17) is 4.42 Å². The Kier molecular flexibility index (Phi) is 4.08. The molecule has 7 heteroatoms. The molecule has 4 heterocycles. The number of likely N-dealkylation sites (tertiary alicyclic amines) is 1. The predicted octanol–water partition coefficient (Wildman–Crippen LogP) is 3.83. The molecule has 0 spiro atoms. The van der Waals surface area contributed by atoms with Crippen molar-refractivity contribution in [2.45, 2.75) is 51.5 Å². The van der Waals surface area contributed by atoms with Crippen LogP contribution in [0, 0.1) is 13.8 Å². The molecule has 3 aromatic heterocycles. The molecule has 29 heavy (non-hydrogen) atoms. The second kappa shape index (κ2) is 6.54. The molecule has 1 atom stereocenters. The summed E-state index contributed by atoms with van der Waals surface area (Å²) in [4.78, 5) is 28.4. The lowest BCUT2D eigenvalue weighted by molar-refractivity contribution is 0.0790. The zero-order chi connectivity index (χ0) is 20.2. The summed E-state index contributed by atoms with van der Waals surface area (Å²) in [6.45, 7) is 7.42. The van der Waals surface area contributed by atoms with E-state index in [1.165, 1.54) is 11.9 Å². The minimum Gasteiger partial charge on any atom is -0.442 e. The van der Waals surface area contributed by atoms with Gasteiger partial charge in [0.1, 0.15) is 17.9 Å². The van der Waals surface area contributed by atoms with Gasteiger partial charge in [-0.25, -0.2) is 9.97 Å². The first kappa shape index (κ1) is 18.1. The molecule has 2 aliphatic rings. The maximum Gasteiger partial charge on any atom is 0.258 e. The molecule has 1 saturated carbocycles. The van der Waals surface area contributed by atoms with Crippen molar-refractivity contribution in [1.29, 1.82) is 0 Å². The van der Waals surface area contributed by atoms with E-state index in [2.05, 4.69) is 39.3 Å². The number of anilines is 1. The first-order valence-electron chi connectivity index (χ1n) is 10.2. The zero-order valence-corrected chi connectivity index (χ0v) is 17.0. The maximum atomic E-state index is 13.5. The molecule has 1 saturated heterocycles. The van der Waals surface area contributed by atoms with Crippen LogP contribution in [-0.2, 0) is 0 Å². The topological polar surface area (TPSA) is 84.2 Å². The zero-order valence-electron chi connectivity index (χ0n) is 17.0. The average Bonchev–Trinajstić information content (AvgIpc) is 3.10. The summed E-state index contributed by atoms with van der Waals surface area (Å²) < 4.78 is 5.84. The number of aromatic nitrogens is 3. The van der Waals surface area contributed by atoms with E-state index >= 15 is 0 Å². The Morgan fingerprint density at radius 1 is 1.28 bits per heavy atom. The lowest BCUT2D eigenvalue weighted by Crippen LogP contribution is -2.29. The van der Waals surface area contributed by atoms with Crippen LogP contribution in [0.5, 0.6) is 0 Å².